The molecule has 1 aromatic carbocycles. The van der Waals surface area contributed by atoms with Gasteiger partial charge >= 0.3 is 0 Å². The zero-order valence-corrected chi connectivity index (χ0v) is 9.97. The first-order valence-corrected chi connectivity index (χ1v) is 5.65. The Morgan fingerprint density at radius 1 is 1.22 bits per heavy atom. The summed E-state index contributed by atoms with van der Waals surface area (Å²) in [4.78, 5) is 7.63. The topological polar surface area (TPSA) is 63.9 Å². The van der Waals surface area contributed by atoms with Crippen LogP contribution in [0.4, 0.5) is 5.69 Å². The Balaban J connectivity index is 2.17. The van der Waals surface area contributed by atoms with Crippen molar-refractivity contribution in [2.75, 3.05) is 12.8 Å². The van der Waals surface area contributed by atoms with Gasteiger partial charge < -0.3 is 15.5 Å². The number of nitrogen functional groups attached to an aromatic ring is 1. The van der Waals surface area contributed by atoms with Gasteiger partial charge in [-0.1, -0.05) is 6.07 Å². The summed E-state index contributed by atoms with van der Waals surface area (Å²) < 4.78 is 5.21. The van der Waals surface area contributed by atoms with E-state index in [1.54, 1.807) is 13.3 Å². The van der Waals surface area contributed by atoms with Crippen molar-refractivity contribution in [2.45, 2.75) is 0 Å². The van der Waals surface area contributed by atoms with Crippen molar-refractivity contribution in [3.05, 3.63) is 42.6 Å². The second kappa shape index (κ2) is 4.07. The molecule has 0 spiro atoms. The average Bonchev–Trinajstić information content (AvgIpc) is 2.81. The molecule has 0 bridgehead atoms. The highest BCUT2D eigenvalue weighted by Crippen LogP contribution is 2.30. The molecule has 0 atom stereocenters. The lowest BCUT2D eigenvalue weighted by molar-refractivity contribution is 0.417. The van der Waals surface area contributed by atoms with Crippen LogP contribution in [0.5, 0.6) is 5.75 Å². The van der Waals surface area contributed by atoms with Crippen LogP contribution in [0, 0.1) is 0 Å². The van der Waals surface area contributed by atoms with Crippen molar-refractivity contribution in [3.63, 3.8) is 0 Å². The lowest BCUT2D eigenvalue weighted by Gasteiger charge is -2.03. The Hall–Kier alpha value is -2.49. The maximum atomic E-state index is 5.89. The maximum Gasteiger partial charge on any atom is 0.143 e. The number of hydrogen-bond donors (Lipinski definition) is 2. The monoisotopic (exact) mass is 239 g/mol. The molecule has 4 heteroatoms. The van der Waals surface area contributed by atoms with Crippen LogP contribution in [-0.4, -0.2) is 17.1 Å². The lowest BCUT2D eigenvalue weighted by atomic mass is 10.2. The number of hydrogen-bond acceptors (Lipinski definition) is 3. The molecule has 0 fully saturated rings. The largest absolute Gasteiger partial charge is 0.495 e. The zero-order valence-electron chi connectivity index (χ0n) is 9.97. The minimum atomic E-state index is 0.636. The van der Waals surface area contributed by atoms with E-state index in [1.807, 2.05) is 36.4 Å². The normalized spacial score (nSPS) is 10.7. The van der Waals surface area contributed by atoms with Gasteiger partial charge in [0, 0.05) is 23.2 Å². The number of nitrogens with one attached hydrogen (secondary N) is 1. The van der Waals surface area contributed by atoms with Gasteiger partial charge in [-0.15, -0.1) is 0 Å². The summed E-state index contributed by atoms with van der Waals surface area (Å²) in [5.74, 6) is 0.678. The number of nitrogens with two attached hydrogens (primary N) is 1. The number of methoxy groups -OCH3 is 1. The van der Waals surface area contributed by atoms with Crippen molar-refractivity contribution in [2.24, 2.45) is 0 Å². The number of benzene rings is 1. The molecule has 2 heterocycles. The molecule has 0 saturated carbocycles. The maximum absolute atomic E-state index is 5.89. The smallest absolute Gasteiger partial charge is 0.143 e. The van der Waals surface area contributed by atoms with Crippen molar-refractivity contribution in [1.82, 2.24) is 9.97 Å². The molecular formula is C14H13N3O. The summed E-state index contributed by atoms with van der Waals surface area (Å²) in [6, 6.07) is 11.7. The number of aromatic nitrogens is 2. The van der Waals surface area contributed by atoms with E-state index in [2.05, 4.69) is 9.97 Å². The number of rotatable bonds is 2. The quantitative estimate of drug-likeness (QED) is 0.676. The molecule has 90 valence electrons. The van der Waals surface area contributed by atoms with Crippen LogP contribution in [0.2, 0.25) is 0 Å². The molecule has 3 rings (SSSR count). The zero-order chi connectivity index (χ0) is 12.5. The van der Waals surface area contributed by atoms with Gasteiger partial charge in [-0.05, 0) is 24.3 Å². The van der Waals surface area contributed by atoms with Gasteiger partial charge in [-0.3, -0.25) is 4.98 Å². The van der Waals surface area contributed by atoms with E-state index in [-0.39, 0.29) is 0 Å². The Morgan fingerprint density at radius 3 is 2.83 bits per heavy atom. The van der Waals surface area contributed by atoms with Crippen molar-refractivity contribution < 1.29 is 4.74 Å². The van der Waals surface area contributed by atoms with Gasteiger partial charge in [0.05, 0.1) is 24.2 Å². The molecular weight excluding hydrogens is 226 g/mol. The van der Waals surface area contributed by atoms with E-state index in [4.69, 9.17) is 10.5 Å². The Bertz CT molecular complexity index is 689. The van der Waals surface area contributed by atoms with Crippen LogP contribution in [-0.2, 0) is 0 Å². The standard InChI is InChI=1S/C14H13N3O/c1-18-14-8-12-9(6-10(14)15)7-13(17-12)11-4-2-3-5-16-11/h2-8,17H,15H2,1H3. The van der Waals surface area contributed by atoms with Crippen LogP contribution in [0.3, 0.4) is 0 Å². The van der Waals surface area contributed by atoms with Gasteiger partial charge in [0.2, 0.25) is 0 Å². The molecule has 3 aromatic rings. The minimum absolute atomic E-state index is 0.636. The highest BCUT2D eigenvalue weighted by Gasteiger charge is 2.07. The van der Waals surface area contributed by atoms with Crippen LogP contribution in [0.1, 0.15) is 0 Å². The number of ether oxygens (including phenoxy) is 1. The molecule has 0 aliphatic carbocycles. The predicted molar refractivity (Wildman–Crippen MR) is 72.5 cm³/mol. The second-order valence-electron chi connectivity index (χ2n) is 4.08. The summed E-state index contributed by atoms with van der Waals surface area (Å²) in [5, 5.41) is 1.05. The molecule has 3 N–H and O–H groups in total. The van der Waals surface area contributed by atoms with E-state index in [0.29, 0.717) is 11.4 Å². The van der Waals surface area contributed by atoms with Crippen LogP contribution in [0.25, 0.3) is 22.3 Å². The van der Waals surface area contributed by atoms with Crippen molar-refractivity contribution >= 4 is 16.6 Å². The summed E-state index contributed by atoms with van der Waals surface area (Å²) in [5.41, 5.74) is 9.39. The molecule has 0 amide bonds. The Kier molecular flexibility index (Phi) is 2.41. The predicted octanol–water partition coefficient (Wildman–Crippen LogP) is 2.82. The van der Waals surface area contributed by atoms with Crippen molar-refractivity contribution in [3.8, 4) is 17.1 Å². The fraction of sp³-hybridized carbons (Fsp3) is 0.0714. The van der Waals surface area contributed by atoms with Crippen LogP contribution in [0.15, 0.2) is 42.6 Å². The molecule has 0 saturated heterocycles. The SMILES string of the molecule is COc1cc2[nH]c(-c3ccccn3)cc2cc1N. The van der Waals surface area contributed by atoms with E-state index in [1.165, 1.54) is 0 Å². The molecule has 0 aliphatic heterocycles. The summed E-state index contributed by atoms with van der Waals surface area (Å²) in [7, 11) is 1.61. The first kappa shape index (κ1) is 10.7. The summed E-state index contributed by atoms with van der Waals surface area (Å²) in [6.07, 6.45) is 1.77. The molecule has 2 aromatic heterocycles. The van der Waals surface area contributed by atoms with E-state index in [0.717, 1.165) is 22.3 Å². The fourth-order valence-corrected chi connectivity index (χ4v) is 2.02. The Labute approximate surface area is 104 Å². The fourth-order valence-electron chi connectivity index (χ4n) is 2.02. The molecule has 18 heavy (non-hydrogen) atoms. The molecule has 0 unspecified atom stereocenters. The van der Waals surface area contributed by atoms with E-state index in [9.17, 15) is 0 Å². The van der Waals surface area contributed by atoms with Gasteiger partial charge in [-0.25, -0.2) is 0 Å². The third-order valence-corrected chi connectivity index (χ3v) is 2.91. The number of fused-ring (bicyclic) bond motifs is 1. The summed E-state index contributed by atoms with van der Waals surface area (Å²) >= 11 is 0. The van der Waals surface area contributed by atoms with Crippen LogP contribution < -0.4 is 10.5 Å². The number of pyridine rings is 1. The molecule has 0 aliphatic rings. The van der Waals surface area contributed by atoms with E-state index >= 15 is 0 Å². The highest BCUT2D eigenvalue weighted by molar-refractivity contribution is 5.89. The number of H-pyrrole nitrogens is 1. The van der Waals surface area contributed by atoms with Gasteiger partial charge in [-0.2, -0.15) is 0 Å². The third kappa shape index (κ3) is 1.68. The van der Waals surface area contributed by atoms with Gasteiger partial charge in [0.15, 0.2) is 0 Å². The number of aromatic amines is 1. The third-order valence-electron chi connectivity index (χ3n) is 2.91. The highest BCUT2D eigenvalue weighted by atomic mass is 16.5. The minimum Gasteiger partial charge on any atom is -0.495 e. The first-order valence-electron chi connectivity index (χ1n) is 5.65. The van der Waals surface area contributed by atoms with Crippen LogP contribution >= 0.6 is 0 Å². The number of anilines is 1. The first-order chi connectivity index (χ1) is 8.78. The lowest BCUT2D eigenvalue weighted by Crippen LogP contribution is -1.91. The van der Waals surface area contributed by atoms with Gasteiger partial charge in [0.1, 0.15) is 5.75 Å². The van der Waals surface area contributed by atoms with Gasteiger partial charge in [0.25, 0.3) is 0 Å². The number of nitrogens with zero attached hydrogens (tertiary/aromatic N) is 1. The second-order valence-corrected chi connectivity index (χ2v) is 4.08. The Morgan fingerprint density at radius 2 is 2.11 bits per heavy atom. The van der Waals surface area contributed by atoms with Crippen molar-refractivity contribution in [1.29, 1.82) is 0 Å². The average molecular weight is 239 g/mol. The molecule has 4 nitrogen and oxygen atoms in total. The summed E-state index contributed by atoms with van der Waals surface area (Å²) in [6.45, 7) is 0. The molecule has 0 radical (unpaired) electrons. The van der Waals surface area contributed by atoms with E-state index < -0.39 is 0 Å².